The van der Waals surface area contributed by atoms with Crippen LogP contribution in [0.2, 0.25) is 0 Å². The van der Waals surface area contributed by atoms with Crippen molar-refractivity contribution in [1.82, 2.24) is 10.7 Å². The molecule has 0 aromatic carbocycles. The number of rotatable bonds is 1. The summed E-state index contributed by atoms with van der Waals surface area (Å²) in [5, 5.41) is 11.0. The predicted molar refractivity (Wildman–Crippen MR) is 49.3 cm³/mol. The first-order valence-electron chi connectivity index (χ1n) is 4.04. The molecule has 0 saturated heterocycles. The zero-order valence-corrected chi connectivity index (χ0v) is 8.42. The van der Waals surface area contributed by atoms with Gasteiger partial charge in [-0.15, -0.1) is 0 Å². The molecule has 0 aliphatic rings. The highest BCUT2D eigenvalue weighted by Gasteiger charge is 2.27. The molecule has 1 atom stereocenters. The van der Waals surface area contributed by atoms with E-state index >= 15 is 0 Å². The van der Waals surface area contributed by atoms with Crippen molar-refractivity contribution < 1.29 is 9.59 Å². The van der Waals surface area contributed by atoms with E-state index in [1.54, 1.807) is 26.2 Å². The molecule has 0 radical (unpaired) electrons. The number of nitriles is 1. The van der Waals surface area contributed by atoms with Gasteiger partial charge in [0.2, 0.25) is 0 Å². The van der Waals surface area contributed by atoms with Crippen LogP contribution in [-0.2, 0) is 9.59 Å². The molecule has 0 saturated carbocycles. The van der Waals surface area contributed by atoms with Crippen LogP contribution in [0.25, 0.3) is 0 Å². The van der Waals surface area contributed by atoms with Gasteiger partial charge < -0.3 is 5.32 Å². The highest BCUT2D eigenvalue weighted by atomic mass is 16.2. The van der Waals surface area contributed by atoms with Gasteiger partial charge in [0, 0.05) is 0 Å². The summed E-state index contributed by atoms with van der Waals surface area (Å²) in [4.78, 5) is 21.8. The average molecular weight is 198 g/mol. The second-order valence-corrected chi connectivity index (χ2v) is 3.88. The van der Waals surface area contributed by atoms with Crippen molar-refractivity contribution in [2.75, 3.05) is 0 Å². The summed E-state index contributed by atoms with van der Waals surface area (Å²) in [7, 11) is 0. The Morgan fingerprint density at radius 1 is 1.36 bits per heavy atom. The molecule has 2 amide bonds. The van der Waals surface area contributed by atoms with E-state index in [1.165, 1.54) is 0 Å². The summed E-state index contributed by atoms with van der Waals surface area (Å²) >= 11 is 0. The van der Waals surface area contributed by atoms with Gasteiger partial charge in [0.05, 0.1) is 6.07 Å². The molecule has 0 fully saturated rings. The molecule has 0 aliphatic heterocycles. The quantitative estimate of drug-likeness (QED) is 0.218. The molecule has 6 nitrogen and oxygen atoms in total. The number of amides is 2. The van der Waals surface area contributed by atoms with Crippen molar-refractivity contribution in [3.05, 3.63) is 0 Å². The zero-order chi connectivity index (χ0) is 11.4. The number of hydrogen-bond acceptors (Lipinski definition) is 4. The van der Waals surface area contributed by atoms with E-state index in [2.05, 4.69) is 5.32 Å². The van der Waals surface area contributed by atoms with E-state index in [1.807, 2.05) is 6.07 Å². The van der Waals surface area contributed by atoms with Crippen LogP contribution in [0.1, 0.15) is 20.8 Å². The van der Waals surface area contributed by atoms with Gasteiger partial charge in [0.25, 0.3) is 0 Å². The number of carbonyl (C=O) groups is 2. The molecule has 0 bridgehead atoms. The second-order valence-electron chi connectivity index (χ2n) is 3.88. The largest absolute Gasteiger partial charge is 0.332 e. The Labute approximate surface area is 82.4 Å². The van der Waals surface area contributed by atoms with E-state index in [9.17, 15) is 9.59 Å². The van der Waals surface area contributed by atoms with E-state index in [0.29, 0.717) is 0 Å². The van der Waals surface area contributed by atoms with E-state index in [0.717, 1.165) is 0 Å². The first-order chi connectivity index (χ1) is 6.32. The van der Waals surface area contributed by atoms with E-state index < -0.39 is 23.3 Å². The highest BCUT2D eigenvalue weighted by Crippen LogP contribution is 2.18. The topological polar surface area (TPSA) is 108 Å². The molecule has 0 heterocycles. The maximum Gasteiger partial charge on any atom is 0.323 e. The first-order valence-corrected chi connectivity index (χ1v) is 4.04. The Hall–Kier alpha value is -1.61. The van der Waals surface area contributed by atoms with Crippen LogP contribution < -0.4 is 16.6 Å². The summed E-state index contributed by atoms with van der Waals surface area (Å²) in [5.41, 5.74) is 1.25. The lowest BCUT2D eigenvalue weighted by Crippen LogP contribution is -2.50. The highest BCUT2D eigenvalue weighted by molar-refractivity contribution is 6.35. The number of hydrazine groups is 1. The van der Waals surface area contributed by atoms with E-state index in [4.69, 9.17) is 11.1 Å². The van der Waals surface area contributed by atoms with Crippen LogP contribution in [0.3, 0.4) is 0 Å². The van der Waals surface area contributed by atoms with Crippen LogP contribution in [0.4, 0.5) is 0 Å². The van der Waals surface area contributed by atoms with Crippen LogP contribution >= 0.6 is 0 Å². The minimum Gasteiger partial charge on any atom is -0.332 e. The summed E-state index contributed by atoms with van der Waals surface area (Å²) < 4.78 is 0. The van der Waals surface area contributed by atoms with Gasteiger partial charge in [-0.1, -0.05) is 20.8 Å². The molecule has 0 rings (SSSR count). The second kappa shape index (κ2) is 4.58. The minimum absolute atomic E-state index is 0.431. The maximum absolute atomic E-state index is 11.0. The molecule has 0 spiro atoms. The number of carbonyl (C=O) groups excluding carboxylic acids is 2. The Balaban J connectivity index is 4.44. The Morgan fingerprint density at radius 2 is 1.86 bits per heavy atom. The smallest absolute Gasteiger partial charge is 0.323 e. The first kappa shape index (κ1) is 12.4. The Bertz CT molecular complexity index is 274. The van der Waals surface area contributed by atoms with Crippen LogP contribution in [0.5, 0.6) is 0 Å². The predicted octanol–water partition coefficient (Wildman–Crippen LogP) is -0.969. The van der Waals surface area contributed by atoms with Gasteiger partial charge in [-0.05, 0) is 5.41 Å². The van der Waals surface area contributed by atoms with Gasteiger partial charge in [0.1, 0.15) is 6.04 Å². The number of nitrogens with one attached hydrogen (secondary N) is 2. The molecule has 0 aromatic heterocycles. The molecular formula is C8H14N4O2. The van der Waals surface area contributed by atoms with Crippen molar-refractivity contribution in [3.8, 4) is 6.07 Å². The van der Waals surface area contributed by atoms with Gasteiger partial charge in [-0.2, -0.15) is 5.26 Å². The third-order valence-corrected chi connectivity index (χ3v) is 1.61. The Morgan fingerprint density at radius 3 is 2.14 bits per heavy atom. The SMILES string of the molecule is CC(C)(C)C(C#N)NC(=O)C(=O)NN. The van der Waals surface area contributed by atoms with Gasteiger partial charge >= 0.3 is 11.8 Å². The normalized spacial score (nSPS) is 12.5. The standard InChI is InChI=1S/C8H14N4O2/c1-8(2,3)5(4-9)11-6(13)7(14)12-10/h5H,10H2,1-3H3,(H,11,13)(H,12,14). The number of hydrogen-bond donors (Lipinski definition) is 3. The Kier molecular flexibility index (Phi) is 4.05. The molecular weight excluding hydrogens is 184 g/mol. The third kappa shape index (κ3) is 3.41. The van der Waals surface area contributed by atoms with E-state index in [-0.39, 0.29) is 0 Å². The van der Waals surface area contributed by atoms with Crippen molar-refractivity contribution in [2.24, 2.45) is 11.3 Å². The number of nitrogens with zero attached hydrogens (tertiary/aromatic N) is 1. The fourth-order valence-electron chi connectivity index (χ4n) is 0.705. The molecule has 78 valence electrons. The molecule has 0 aromatic rings. The lowest BCUT2D eigenvalue weighted by molar-refractivity contribution is -0.139. The molecule has 6 heteroatoms. The van der Waals surface area contributed by atoms with Crippen molar-refractivity contribution in [1.29, 1.82) is 5.26 Å². The fourth-order valence-corrected chi connectivity index (χ4v) is 0.705. The fraction of sp³-hybridized carbons (Fsp3) is 0.625. The van der Waals surface area contributed by atoms with Gasteiger partial charge in [0.15, 0.2) is 0 Å². The maximum atomic E-state index is 11.0. The van der Waals surface area contributed by atoms with Crippen LogP contribution in [0, 0.1) is 16.7 Å². The monoisotopic (exact) mass is 198 g/mol. The number of nitrogens with two attached hydrogens (primary N) is 1. The van der Waals surface area contributed by atoms with Gasteiger partial charge in [-0.3, -0.25) is 15.0 Å². The summed E-state index contributed by atoms with van der Waals surface area (Å²) in [6.07, 6.45) is 0. The van der Waals surface area contributed by atoms with Crippen molar-refractivity contribution in [2.45, 2.75) is 26.8 Å². The minimum atomic E-state index is -0.963. The summed E-state index contributed by atoms with van der Waals surface area (Å²) in [6.45, 7) is 5.34. The summed E-state index contributed by atoms with van der Waals surface area (Å²) in [5.74, 6) is 2.88. The zero-order valence-electron chi connectivity index (χ0n) is 8.42. The molecule has 1 unspecified atom stereocenters. The van der Waals surface area contributed by atoms with Gasteiger partial charge in [-0.25, -0.2) is 5.84 Å². The average Bonchev–Trinajstić information content (AvgIpc) is 2.10. The molecule has 14 heavy (non-hydrogen) atoms. The molecule has 0 aliphatic carbocycles. The van der Waals surface area contributed by atoms with Crippen LogP contribution in [-0.4, -0.2) is 17.9 Å². The van der Waals surface area contributed by atoms with Crippen molar-refractivity contribution in [3.63, 3.8) is 0 Å². The van der Waals surface area contributed by atoms with Crippen LogP contribution in [0.15, 0.2) is 0 Å². The third-order valence-electron chi connectivity index (χ3n) is 1.61. The lowest BCUT2D eigenvalue weighted by Gasteiger charge is -2.24. The summed E-state index contributed by atoms with van der Waals surface area (Å²) in [6, 6.07) is 1.17. The lowest BCUT2D eigenvalue weighted by atomic mass is 9.87. The van der Waals surface area contributed by atoms with Crippen molar-refractivity contribution >= 4 is 11.8 Å². The molecule has 4 N–H and O–H groups in total.